The van der Waals surface area contributed by atoms with E-state index in [2.05, 4.69) is 28.7 Å². The van der Waals surface area contributed by atoms with Gasteiger partial charge in [0.15, 0.2) is 6.10 Å². The normalized spacial score (nSPS) is 15.7. The molecule has 0 N–H and O–H groups in total. The minimum atomic E-state index is -0.448. The summed E-state index contributed by atoms with van der Waals surface area (Å²) < 4.78 is 6.00. The van der Waals surface area contributed by atoms with Crippen LogP contribution in [0, 0.1) is 13.8 Å². The molecule has 1 amide bonds. The smallest absolute Gasteiger partial charge is 0.263 e. The van der Waals surface area contributed by atoms with Gasteiger partial charge in [0, 0.05) is 38.6 Å². The van der Waals surface area contributed by atoms with Crippen LogP contribution < -0.4 is 9.64 Å². The first-order valence-electron chi connectivity index (χ1n) is 9.13. The summed E-state index contributed by atoms with van der Waals surface area (Å²) in [6, 6.07) is 7.76. The van der Waals surface area contributed by atoms with Crippen molar-refractivity contribution >= 4 is 11.9 Å². The third-order valence-corrected chi connectivity index (χ3v) is 4.83. The standard InChI is InChI=1S/C20H26N4O2/c1-4-18(26-17-7-6-15(2)16(3)14-17)19(25)23-10-12-24(13-11-23)20-21-8-5-9-22-20/h5-9,14,18H,4,10-13H2,1-3H3/t18-/m0/s1. The molecule has 1 aliphatic rings. The molecule has 1 aliphatic heterocycles. The molecule has 6 nitrogen and oxygen atoms in total. The largest absolute Gasteiger partial charge is 0.481 e. The van der Waals surface area contributed by atoms with Gasteiger partial charge in [0.25, 0.3) is 5.91 Å². The van der Waals surface area contributed by atoms with E-state index in [9.17, 15) is 4.79 Å². The lowest BCUT2D eigenvalue weighted by molar-refractivity contribution is -0.139. The Labute approximate surface area is 154 Å². The summed E-state index contributed by atoms with van der Waals surface area (Å²) in [5, 5.41) is 0. The number of ether oxygens (including phenoxy) is 1. The van der Waals surface area contributed by atoms with Crippen molar-refractivity contribution < 1.29 is 9.53 Å². The van der Waals surface area contributed by atoms with Gasteiger partial charge in [-0.1, -0.05) is 13.0 Å². The van der Waals surface area contributed by atoms with Crippen molar-refractivity contribution in [1.82, 2.24) is 14.9 Å². The van der Waals surface area contributed by atoms with Crippen molar-refractivity contribution in [2.45, 2.75) is 33.3 Å². The summed E-state index contributed by atoms with van der Waals surface area (Å²) in [7, 11) is 0. The quantitative estimate of drug-likeness (QED) is 0.826. The van der Waals surface area contributed by atoms with Gasteiger partial charge in [0.2, 0.25) is 5.95 Å². The van der Waals surface area contributed by atoms with Crippen LogP contribution in [0.25, 0.3) is 0 Å². The molecule has 0 bridgehead atoms. The van der Waals surface area contributed by atoms with E-state index in [1.54, 1.807) is 18.5 Å². The van der Waals surface area contributed by atoms with Crippen molar-refractivity contribution in [2.24, 2.45) is 0 Å². The molecule has 1 fully saturated rings. The number of benzene rings is 1. The van der Waals surface area contributed by atoms with Crippen LogP contribution in [0.2, 0.25) is 0 Å². The zero-order valence-electron chi connectivity index (χ0n) is 15.7. The van der Waals surface area contributed by atoms with Crippen LogP contribution in [0.5, 0.6) is 5.75 Å². The topological polar surface area (TPSA) is 58.6 Å². The molecular formula is C20H26N4O2. The van der Waals surface area contributed by atoms with Gasteiger partial charge in [-0.15, -0.1) is 0 Å². The fourth-order valence-corrected chi connectivity index (χ4v) is 3.04. The molecule has 0 unspecified atom stereocenters. The van der Waals surface area contributed by atoms with Crippen molar-refractivity contribution in [3.05, 3.63) is 47.8 Å². The average molecular weight is 354 g/mol. The first-order valence-corrected chi connectivity index (χ1v) is 9.13. The van der Waals surface area contributed by atoms with Gasteiger partial charge in [-0.05, 0) is 49.6 Å². The Hall–Kier alpha value is -2.63. The molecule has 1 aromatic carbocycles. The third-order valence-electron chi connectivity index (χ3n) is 4.83. The second kappa shape index (κ2) is 8.17. The lowest BCUT2D eigenvalue weighted by Gasteiger charge is -2.36. The van der Waals surface area contributed by atoms with E-state index < -0.39 is 6.10 Å². The van der Waals surface area contributed by atoms with Crippen LogP contribution in [0.15, 0.2) is 36.7 Å². The molecule has 6 heteroatoms. The summed E-state index contributed by atoms with van der Waals surface area (Å²) in [5.74, 6) is 1.53. The number of aryl methyl sites for hydroxylation is 2. The Kier molecular flexibility index (Phi) is 5.71. The van der Waals surface area contributed by atoms with Gasteiger partial charge in [0.1, 0.15) is 5.75 Å². The highest BCUT2D eigenvalue weighted by Gasteiger charge is 2.28. The molecule has 0 saturated carbocycles. The molecule has 0 aliphatic carbocycles. The molecule has 1 atom stereocenters. The number of anilines is 1. The summed E-state index contributed by atoms with van der Waals surface area (Å²) in [4.78, 5) is 25.4. The minimum absolute atomic E-state index is 0.0550. The lowest BCUT2D eigenvalue weighted by Crippen LogP contribution is -2.52. The van der Waals surface area contributed by atoms with Gasteiger partial charge in [-0.25, -0.2) is 9.97 Å². The van der Waals surface area contributed by atoms with Gasteiger partial charge in [-0.3, -0.25) is 4.79 Å². The molecule has 3 rings (SSSR count). The maximum atomic E-state index is 12.9. The summed E-state index contributed by atoms with van der Waals surface area (Å²) >= 11 is 0. The number of rotatable bonds is 5. The molecule has 138 valence electrons. The first kappa shape index (κ1) is 18.2. The van der Waals surface area contributed by atoms with E-state index in [4.69, 9.17) is 4.74 Å². The molecule has 0 radical (unpaired) electrons. The van der Waals surface area contributed by atoms with E-state index in [0.29, 0.717) is 19.5 Å². The zero-order chi connectivity index (χ0) is 18.5. The Morgan fingerprint density at radius 2 is 1.81 bits per heavy atom. The Balaban J connectivity index is 1.60. The minimum Gasteiger partial charge on any atom is -0.481 e. The molecule has 1 aromatic heterocycles. The van der Waals surface area contributed by atoms with E-state index in [-0.39, 0.29) is 5.91 Å². The molecule has 26 heavy (non-hydrogen) atoms. The van der Waals surface area contributed by atoms with Gasteiger partial charge < -0.3 is 14.5 Å². The maximum absolute atomic E-state index is 12.9. The predicted molar refractivity (Wildman–Crippen MR) is 101 cm³/mol. The summed E-state index contributed by atoms with van der Waals surface area (Å²) in [6.45, 7) is 8.88. The van der Waals surface area contributed by atoms with Crippen LogP contribution in [0.4, 0.5) is 5.95 Å². The second-order valence-corrected chi connectivity index (χ2v) is 6.62. The third kappa shape index (κ3) is 4.12. The number of nitrogens with zero attached hydrogens (tertiary/aromatic N) is 4. The molecule has 1 saturated heterocycles. The number of carbonyl (C=O) groups is 1. The Bertz CT molecular complexity index is 743. The number of aromatic nitrogens is 2. The SMILES string of the molecule is CC[C@H](Oc1ccc(C)c(C)c1)C(=O)N1CCN(c2ncccn2)CC1. The number of amides is 1. The van der Waals surface area contributed by atoms with Crippen LogP contribution in [-0.2, 0) is 4.79 Å². The number of hydrogen-bond donors (Lipinski definition) is 0. The monoisotopic (exact) mass is 354 g/mol. The fourth-order valence-electron chi connectivity index (χ4n) is 3.04. The molecule has 2 aromatic rings. The average Bonchev–Trinajstić information content (AvgIpc) is 2.69. The second-order valence-electron chi connectivity index (χ2n) is 6.62. The van der Waals surface area contributed by atoms with Gasteiger partial charge >= 0.3 is 0 Å². The fraction of sp³-hybridized carbons (Fsp3) is 0.450. The molecular weight excluding hydrogens is 328 g/mol. The van der Waals surface area contributed by atoms with Crippen LogP contribution >= 0.6 is 0 Å². The van der Waals surface area contributed by atoms with Crippen molar-refractivity contribution in [3.63, 3.8) is 0 Å². The van der Waals surface area contributed by atoms with Crippen LogP contribution in [0.1, 0.15) is 24.5 Å². The Morgan fingerprint density at radius 3 is 2.42 bits per heavy atom. The highest BCUT2D eigenvalue weighted by molar-refractivity contribution is 5.81. The van der Waals surface area contributed by atoms with E-state index in [0.717, 1.165) is 24.8 Å². The number of piperazine rings is 1. The van der Waals surface area contributed by atoms with Gasteiger partial charge in [0.05, 0.1) is 0 Å². The number of carbonyl (C=O) groups excluding carboxylic acids is 1. The molecule has 2 heterocycles. The summed E-state index contributed by atoms with van der Waals surface area (Å²) in [5.41, 5.74) is 2.39. The number of hydrogen-bond acceptors (Lipinski definition) is 5. The van der Waals surface area contributed by atoms with Crippen molar-refractivity contribution in [1.29, 1.82) is 0 Å². The van der Waals surface area contributed by atoms with Crippen LogP contribution in [0.3, 0.4) is 0 Å². The lowest BCUT2D eigenvalue weighted by atomic mass is 10.1. The maximum Gasteiger partial charge on any atom is 0.263 e. The highest BCUT2D eigenvalue weighted by atomic mass is 16.5. The van der Waals surface area contributed by atoms with Crippen LogP contribution in [-0.4, -0.2) is 53.1 Å². The van der Waals surface area contributed by atoms with Gasteiger partial charge in [-0.2, -0.15) is 0 Å². The van der Waals surface area contributed by atoms with E-state index >= 15 is 0 Å². The van der Waals surface area contributed by atoms with Crippen molar-refractivity contribution in [2.75, 3.05) is 31.1 Å². The highest BCUT2D eigenvalue weighted by Crippen LogP contribution is 2.20. The van der Waals surface area contributed by atoms with Crippen molar-refractivity contribution in [3.8, 4) is 5.75 Å². The zero-order valence-corrected chi connectivity index (χ0v) is 15.7. The first-order chi connectivity index (χ1) is 12.6. The van der Waals surface area contributed by atoms with E-state index in [1.807, 2.05) is 30.0 Å². The summed E-state index contributed by atoms with van der Waals surface area (Å²) in [6.07, 6.45) is 3.68. The van der Waals surface area contributed by atoms with E-state index in [1.165, 1.54) is 11.1 Å². The predicted octanol–water partition coefficient (Wildman–Crippen LogP) is 2.60. The Morgan fingerprint density at radius 1 is 1.12 bits per heavy atom. The molecule has 0 spiro atoms.